The molecule has 0 aromatic rings. The van der Waals surface area contributed by atoms with Crippen LogP contribution >= 0.6 is 15.9 Å². The lowest BCUT2D eigenvalue weighted by Crippen LogP contribution is -2.30. The number of esters is 1. The van der Waals surface area contributed by atoms with Gasteiger partial charge in [-0.1, -0.05) is 15.9 Å². The van der Waals surface area contributed by atoms with Crippen molar-refractivity contribution in [1.82, 2.24) is 4.90 Å². The molecule has 0 N–H and O–H groups in total. The van der Waals surface area contributed by atoms with Crippen LogP contribution < -0.4 is 0 Å². The summed E-state index contributed by atoms with van der Waals surface area (Å²) >= 11 is 3.26. The molecule has 0 radical (unpaired) electrons. The van der Waals surface area contributed by atoms with Gasteiger partial charge in [0.2, 0.25) is 11.8 Å². The Morgan fingerprint density at radius 3 is 2.50 bits per heavy atom. The Labute approximate surface area is 115 Å². The van der Waals surface area contributed by atoms with Crippen molar-refractivity contribution >= 4 is 33.7 Å². The monoisotopic (exact) mass is 319 g/mol. The van der Waals surface area contributed by atoms with Gasteiger partial charge >= 0.3 is 5.97 Å². The number of carbonyl (C=O) groups excluding carboxylic acids is 3. The normalized spacial score (nSPS) is 17.1. The second-order valence-electron chi connectivity index (χ2n) is 4.15. The zero-order chi connectivity index (χ0) is 13.5. The molecule has 0 aromatic carbocycles. The fraction of sp³-hybridized carbons (Fsp3) is 0.750. The topological polar surface area (TPSA) is 63.7 Å². The second kappa shape index (κ2) is 7.51. The highest BCUT2D eigenvalue weighted by molar-refractivity contribution is 9.10. The van der Waals surface area contributed by atoms with E-state index in [1.807, 2.05) is 0 Å². The number of carbonyl (C=O) groups is 3. The summed E-state index contributed by atoms with van der Waals surface area (Å²) in [5, 5.41) is 0. The molecule has 1 unspecified atom stereocenters. The summed E-state index contributed by atoms with van der Waals surface area (Å²) in [5.74, 6) is -0.424. The molecule has 0 aliphatic carbocycles. The Balaban J connectivity index is 2.17. The Morgan fingerprint density at radius 2 is 1.94 bits per heavy atom. The van der Waals surface area contributed by atoms with Gasteiger partial charge in [0.05, 0.1) is 6.61 Å². The maximum Gasteiger partial charge on any atom is 0.319 e. The molecule has 102 valence electrons. The van der Waals surface area contributed by atoms with Gasteiger partial charge in [-0.05, 0) is 26.2 Å². The first-order valence-corrected chi connectivity index (χ1v) is 7.11. The van der Waals surface area contributed by atoms with Crippen molar-refractivity contribution < 1.29 is 19.1 Å². The lowest BCUT2D eigenvalue weighted by molar-refractivity contribution is -0.143. The van der Waals surface area contributed by atoms with Gasteiger partial charge in [0.1, 0.15) is 4.83 Å². The minimum Gasteiger partial charge on any atom is -0.465 e. The molecule has 5 nitrogen and oxygen atoms in total. The Kier molecular flexibility index (Phi) is 6.32. The number of likely N-dealkylation sites (tertiary alicyclic amines) is 1. The van der Waals surface area contributed by atoms with E-state index in [1.165, 1.54) is 4.90 Å². The van der Waals surface area contributed by atoms with Gasteiger partial charge in [-0.3, -0.25) is 19.3 Å². The molecule has 18 heavy (non-hydrogen) atoms. The molecular weight excluding hydrogens is 302 g/mol. The van der Waals surface area contributed by atoms with E-state index in [4.69, 9.17) is 4.74 Å². The Morgan fingerprint density at radius 1 is 1.33 bits per heavy atom. The van der Waals surface area contributed by atoms with E-state index >= 15 is 0 Å². The molecule has 1 atom stereocenters. The van der Waals surface area contributed by atoms with E-state index in [0.29, 0.717) is 32.4 Å². The number of nitrogens with zero attached hydrogens (tertiary/aromatic N) is 1. The van der Waals surface area contributed by atoms with Gasteiger partial charge in [0.15, 0.2) is 0 Å². The number of hydrogen-bond acceptors (Lipinski definition) is 4. The minimum absolute atomic E-state index is 0.0826. The van der Waals surface area contributed by atoms with Crippen molar-refractivity contribution in [1.29, 1.82) is 0 Å². The third-order valence-electron chi connectivity index (χ3n) is 2.79. The largest absolute Gasteiger partial charge is 0.465 e. The van der Waals surface area contributed by atoms with Crippen molar-refractivity contribution in [2.24, 2.45) is 0 Å². The standard InChI is InChI=1S/C12H18BrNO4/c1-2-18-12(17)9(13)5-3-4-8-14-10(15)6-7-11(14)16/h9H,2-8H2,1H3. The van der Waals surface area contributed by atoms with Crippen LogP contribution in [0.15, 0.2) is 0 Å². The number of ether oxygens (including phenoxy) is 1. The predicted molar refractivity (Wildman–Crippen MR) is 69.2 cm³/mol. The van der Waals surface area contributed by atoms with E-state index in [-0.39, 0.29) is 22.6 Å². The van der Waals surface area contributed by atoms with Crippen LogP contribution in [0, 0.1) is 0 Å². The number of alkyl halides is 1. The maximum absolute atomic E-state index is 11.3. The van der Waals surface area contributed by atoms with Crippen LogP contribution in [-0.4, -0.2) is 40.7 Å². The zero-order valence-electron chi connectivity index (χ0n) is 10.5. The first-order chi connectivity index (χ1) is 8.56. The van der Waals surface area contributed by atoms with Crippen molar-refractivity contribution in [2.75, 3.05) is 13.2 Å². The average molecular weight is 320 g/mol. The molecular formula is C12H18BrNO4. The molecule has 0 aromatic heterocycles. The first kappa shape index (κ1) is 15.1. The van der Waals surface area contributed by atoms with Crippen molar-refractivity contribution in [3.63, 3.8) is 0 Å². The molecule has 1 saturated heterocycles. The quantitative estimate of drug-likeness (QED) is 0.310. The molecule has 1 aliphatic heterocycles. The van der Waals surface area contributed by atoms with Crippen LogP contribution in [0.5, 0.6) is 0 Å². The molecule has 1 rings (SSSR count). The van der Waals surface area contributed by atoms with Crippen LogP contribution in [-0.2, 0) is 19.1 Å². The van der Waals surface area contributed by atoms with Gasteiger partial charge in [0.25, 0.3) is 0 Å². The summed E-state index contributed by atoms with van der Waals surface area (Å²) in [6.07, 6.45) is 2.81. The maximum atomic E-state index is 11.3. The summed E-state index contributed by atoms with van der Waals surface area (Å²) in [7, 11) is 0. The zero-order valence-corrected chi connectivity index (χ0v) is 12.1. The molecule has 0 saturated carbocycles. The van der Waals surface area contributed by atoms with Gasteiger partial charge in [-0.25, -0.2) is 0 Å². The fourth-order valence-corrected chi connectivity index (χ4v) is 2.27. The van der Waals surface area contributed by atoms with E-state index in [9.17, 15) is 14.4 Å². The number of unbranched alkanes of at least 4 members (excludes halogenated alkanes) is 1. The average Bonchev–Trinajstić information content (AvgIpc) is 2.65. The number of imide groups is 1. The smallest absolute Gasteiger partial charge is 0.319 e. The van der Waals surface area contributed by atoms with Crippen LogP contribution in [0.2, 0.25) is 0 Å². The summed E-state index contributed by atoms with van der Waals surface area (Å²) in [6, 6.07) is 0. The molecule has 0 bridgehead atoms. The van der Waals surface area contributed by atoms with E-state index < -0.39 is 0 Å². The lowest BCUT2D eigenvalue weighted by Gasteiger charge is -2.14. The van der Waals surface area contributed by atoms with E-state index in [1.54, 1.807) is 6.92 Å². The SMILES string of the molecule is CCOC(=O)C(Br)CCCCN1C(=O)CCC1=O. The Bertz CT molecular complexity index is 316. The van der Waals surface area contributed by atoms with Crippen LogP contribution in [0.4, 0.5) is 0 Å². The van der Waals surface area contributed by atoms with Crippen LogP contribution in [0.25, 0.3) is 0 Å². The summed E-state index contributed by atoms with van der Waals surface area (Å²) < 4.78 is 4.86. The third kappa shape index (κ3) is 4.40. The molecule has 1 heterocycles. The third-order valence-corrected chi connectivity index (χ3v) is 3.62. The van der Waals surface area contributed by atoms with Crippen molar-refractivity contribution in [2.45, 2.75) is 43.9 Å². The van der Waals surface area contributed by atoms with Crippen molar-refractivity contribution in [3.8, 4) is 0 Å². The number of amides is 2. The highest BCUT2D eigenvalue weighted by Gasteiger charge is 2.28. The number of rotatable bonds is 7. The molecule has 1 aliphatic rings. The minimum atomic E-state index is -0.303. The fourth-order valence-electron chi connectivity index (χ4n) is 1.82. The van der Waals surface area contributed by atoms with E-state index in [0.717, 1.165) is 12.8 Å². The highest BCUT2D eigenvalue weighted by Crippen LogP contribution is 2.15. The van der Waals surface area contributed by atoms with Crippen LogP contribution in [0.1, 0.15) is 39.0 Å². The number of hydrogen-bond donors (Lipinski definition) is 0. The summed E-state index contributed by atoms with van der Waals surface area (Å²) in [5.41, 5.74) is 0. The summed E-state index contributed by atoms with van der Waals surface area (Å²) in [6.45, 7) is 2.60. The summed E-state index contributed by atoms with van der Waals surface area (Å²) in [4.78, 5) is 35.0. The van der Waals surface area contributed by atoms with Gasteiger partial charge < -0.3 is 4.74 Å². The van der Waals surface area contributed by atoms with Gasteiger partial charge in [-0.15, -0.1) is 0 Å². The first-order valence-electron chi connectivity index (χ1n) is 6.20. The number of halogens is 1. The van der Waals surface area contributed by atoms with Crippen molar-refractivity contribution in [3.05, 3.63) is 0 Å². The molecule has 1 fully saturated rings. The molecule has 0 spiro atoms. The predicted octanol–water partition coefficient (Wildman–Crippen LogP) is 1.63. The van der Waals surface area contributed by atoms with Crippen LogP contribution in [0.3, 0.4) is 0 Å². The second-order valence-corrected chi connectivity index (χ2v) is 5.26. The Hall–Kier alpha value is -0.910. The lowest BCUT2D eigenvalue weighted by atomic mass is 10.2. The van der Waals surface area contributed by atoms with Gasteiger partial charge in [-0.2, -0.15) is 0 Å². The molecule has 2 amide bonds. The van der Waals surface area contributed by atoms with Gasteiger partial charge in [0, 0.05) is 19.4 Å². The molecule has 6 heteroatoms. The highest BCUT2D eigenvalue weighted by atomic mass is 79.9. The van der Waals surface area contributed by atoms with E-state index in [2.05, 4.69) is 15.9 Å².